The summed E-state index contributed by atoms with van der Waals surface area (Å²) in [6, 6.07) is 0. The highest BCUT2D eigenvalue weighted by molar-refractivity contribution is 5.75. The molecule has 1 N–H and O–H groups in total. The summed E-state index contributed by atoms with van der Waals surface area (Å²) in [5.74, 6) is 0.123. The maximum atomic E-state index is 10.9. The third-order valence-corrected chi connectivity index (χ3v) is 3.22. The van der Waals surface area contributed by atoms with Gasteiger partial charge in [0.1, 0.15) is 0 Å². The molecule has 1 saturated heterocycles. The molecular formula is C15H32N2O2. The number of carbonyl (C=O) groups is 1. The summed E-state index contributed by atoms with van der Waals surface area (Å²) < 4.78 is 5.58. The summed E-state index contributed by atoms with van der Waals surface area (Å²) in [5, 5.41) is 2.62. The Hall–Kier alpha value is -0.610. The van der Waals surface area contributed by atoms with Crippen molar-refractivity contribution in [3.05, 3.63) is 0 Å². The van der Waals surface area contributed by atoms with Gasteiger partial charge in [0.05, 0.1) is 6.61 Å². The number of hydrogen-bond acceptors (Lipinski definition) is 3. The standard InChI is InChI=1S/C13H26N2O2.C2H6/c1-14-13(16)7-3-6-11-17-12-10-15-8-4-2-5-9-15;1-2/h2-12H2,1H3,(H,14,16);1-2H3. The first-order chi connectivity index (χ1) is 9.33. The van der Waals surface area contributed by atoms with Crippen molar-refractivity contribution in [2.75, 3.05) is 39.9 Å². The van der Waals surface area contributed by atoms with Gasteiger partial charge in [-0.1, -0.05) is 20.3 Å². The van der Waals surface area contributed by atoms with Crippen molar-refractivity contribution in [1.82, 2.24) is 10.2 Å². The molecule has 0 radical (unpaired) electrons. The van der Waals surface area contributed by atoms with Crippen LogP contribution in [0.2, 0.25) is 0 Å². The second-order valence-electron chi connectivity index (χ2n) is 4.64. The molecule has 114 valence electrons. The zero-order chi connectivity index (χ0) is 14.3. The fourth-order valence-electron chi connectivity index (χ4n) is 2.09. The first-order valence-corrected chi connectivity index (χ1v) is 7.83. The van der Waals surface area contributed by atoms with Gasteiger partial charge in [-0.3, -0.25) is 4.79 Å². The van der Waals surface area contributed by atoms with Crippen LogP contribution in [-0.4, -0.2) is 50.7 Å². The van der Waals surface area contributed by atoms with Crippen LogP contribution in [0.1, 0.15) is 52.4 Å². The number of hydrogen-bond donors (Lipinski definition) is 1. The van der Waals surface area contributed by atoms with Crippen molar-refractivity contribution < 1.29 is 9.53 Å². The molecule has 1 rings (SSSR count). The van der Waals surface area contributed by atoms with E-state index in [4.69, 9.17) is 4.74 Å². The highest BCUT2D eigenvalue weighted by Crippen LogP contribution is 2.07. The average Bonchev–Trinajstić information content (AvgIpc) is 2.49. The first-order valence-electron chi connectivity index (χ1n) is 7.83. The number of nitrogens with zero attached hydrogens (tertiary/aromatic N) is 1. The summed E-state index contributed by atoms with van der Waals surface area (Å²) >= 11 is 0. The van der Waals surface area contributed by atoms with Gasteiger partial charge in [-0.25, -0.2) is 0 Å². The monoisotopic (exact) mass is 272 g/mol. The second kappa shape index (κ2) is 13.8. The van der Waals surface area contributed by atoms with Gasteiger partial charge in [-0.15, -0.1) is 0 Å². The highest BCUT2D eigenvalue weighted by atomic mass is 16.5. The van der Waals surface area contributed by atoms with E-state index in [0.29, 0.717) is 6.42 Å². The van der Waals surface area contributed by atoms with E-state index in [9.17, 15) is 4.79 Å². The summed E-state index contributed by atoms with van der Waals surface area (Å²) in [4.78, 5) is 13.4. The smallest absolute Gasteiger partial charge is 0.219 e. The van der Waals surface area contributed by atoms with Crippen molar-refractivity contribution >= 4 is 5.91 Å². The van der Waals surface area contributed by atoms with E-state index in [1.165, 1.54) is 32.4 Å². The Morgan fingerprint density at radius 2 is 1.79 bits per heavy atom. The van der Waals surface area contributed by atoms with Gasteiger partial charge in [0.25, 0.3) is 0 Å². The number of ether oxygens (including phenoxy) is 1. The molecule has 1 aliphatic heterocycles. The van der Waals surface area contributed by atoms with Crippen LogP contribution in [0.3, 0.4) is 0 Å². The SMILES string of the molecule is CC.CNC(=O)CCCCOCCN1CCCCC1. The summed E-state index contributed by atoms with van der Waals surface area (Å²) in [7, 11) is 1.68. The van der Waals surface area contributed by atoms with Crippen LogP contribution >= 0.6 is 0 Å². The molecule has 0 spiro atoms. The Kier molecular flexibility index (Phi) is 13.4. The van der Waals surface area contributed by atoms with Crippen LogP contribution in [-0.2, 0) is 9.53 Å². The third kappa shape index (κ3) is 11.0. The average molecular weight is 272 g/mol. The Balaban J connectivity index is 0.00000154. The Morgan fingerprint density at radius 1 is 1.11 bits per heavy atom. The molecule has 4 heteroatoms. The minimum atomic E-state index is 0.123. The van der Waals surface area contributed by atoms with Gasteiger partial charge in [0.15, 0.2) is 0 Å². The Labute approximate surface area is 118 Å². The maximum absolute atomic E-state index is 10.9. The topological polar surface area (TPSA) is 41.6 Å². The molecular weight excluding hydrogens is 240 g/mol. The number of rotatable bonds is 8. The molecule has 0 saturated carbocycles. The number of likely N-dealkylation sites (tertiary alicyclic amines) is 1. The molecule has 1 heterocycles. The van der Waals surface area contributed by atoms with Gasteiger partial charge < -0.3 is 15.0 Å². The molecule has 0 aromatic carbocycles. The number of nitrogens with one attached hydrogen (secondary N) is 1. The lowest BCUT2D eigenvalue weighted by molar-refractivity contribution is -0.120. The summed E-state index contributed by atoms with van der Waals surface area (Å²) in [5.41, 5.74) is 0. The van der Waals surface area contributed by atoms with Crippen LogP contribution < -0.4 is 5.32 Å². The molecule has 0 bridgehead atoms. The van der Waals surface area contributed by atoms with E-state index >= 15 is 0 Å². The summed E-state index contributed by atoms with van der Waals surface area (Å²) in [6.07, 6.45) is 6.58. The van der Waals surface area contributed by atoms with Crippen LogP contribution in [0.5, 0.6) is 0 Å². The number of amides is 1. The molecule has 1 fully saturated rings. The largest absolute Gasteiger partial charge is 0.380 e. The highest BCUT2D eigenvalue weighted by Gasteiger charge is 2.08. The fraction of sp³-hybridized carbons (Fsp3) is 0.933. The van der Waals surface area contributed by atoms with E-state index in [2.05, 4.69) is 10.2 Å². The van der Waals surface area contributed by atoms with Crippen molar-refractivity contribution in [1.29, 1.82) is 0 Å². The van der Waals surface area contributed by atoms with E-state index in [1.54, 1.807) is 7.05 Å². The number of piperidine rings is 1. The maximum Gasteiger partial charge on any atom is 0.219 e. The van der Waals surface area contributed by atoms with Crippen molar-refractivity contribution in [3.63, 3.8) is 0 Å². The fourth-order valence-corrected chi connectivity index (χ4v) is 2.09. The van der Waals surface area contributed by atoms with Crippen LogP contribution in [0, 0.1) is 0 Å². The van der Waals surface area contributed by atoms with Gasteiger partial charge in [0, 0.05) is 26.6 Å². The lowest BCUT2D eigenvalue weighted by Gasteiger charge is -2.26. The quantitative estimate of drug-likeness (QED) is 0.690. The zero-order valence-electron chi connectivity index (χ0n) is 13.0. The van der Waals surface area contributed by atoms with Gasteiger partial charge >= 0.3 is 0 Å². The normalized spacial score (nSPS) is 15.5. The van der Waals surface area contributed by atoms with E-state index < -0.39 is 0 Å². The Bertz CT molecular complexity index is 204. The molecule has 4 nitrogen and oxygen atoms in total. The van der Waals surface area contributed by atoms with E-state index in [1.807, 2.05) is 13.8 Å². The molecule has 0 unspecified atom stereocenters. The molecule has 1 aliphatic rings. The van der Waals surface area contributed by atoms with Crippen molar-refractivity contribution in [3.8, 4) is 0 Å². The zero-order valence-corrected chi connectivity index (χ0v) is 13.0. The molecule has 0 aromatic rings. The van der Waals surface area contributed by atoms with Crippen LogP contribution in [0.25, 0.3) is 0 Å². The molecule has 0 atom stereocenters. The minimum absolute atomic E-state index is 0.123. The molecule has 0 aliphatic carbocycles. The number of carbonyl (C=O) groups excluding carboxylic acids is 1. The van der Waals surface area contributed by atoms with Crippen molar-refractivity contribution in [2.24, 2.45) is 0 Å². The predicted octanol–water partition coefficient (Wildman–Crippen LogP) is 2.43. The van der Waals surface area contributed by atoms with Crippen molar-refractivity contribution in [2.45, 2.75) is 52.4 Å². The third-order valence-electron chi connectivity index (χ3n) is 3.22. The van der Waals surface area contributed by atoms with E-state index in [-0.39, 0.29) is 5.91 Å². The first kappa shape index (κ1) is 18.4. The van der Waals surface area contributed by atoms with Gasteiger partial charge in [0.2, 0.25) is 5.91 Å². The molecule has 0 aromatic heterocycles. The van der Waals surface area contributed by atoms with Crippen LogP contribution in [0.4, 0.5) is 0 Å². The lowest BCUT2D eigenvalue weighted by Crippen LogP contribution is -2.32. The molecule has 19 heavy (non-hydrogen) atoms. The molecule has 1 amide bonds. The van der Waals surface area contributed by atoms with E-state index in [0.717, 1.165) is 32.6 Å². The summed E-state index contributed by atoms with van der Waals surface area (Å²) in [6.45, 7) is 9.15. The lowest BCUT2D eigenvalue weighted by atomic mass is 10.1. The Morgan fingerprint density at radius 3 is 2.42 bits per heavy atom. The predicted molar refractivity (Wildman–Crippen MR) is 80.4 cm³/mol. The van der Waals surface area contributed by atoms with Gasteiger partial charge in [-0.05, 0) is 38.8 Å². The van der Waals surface area contributed by atoms with Gasteiger partial charge in [-0.2, -0.15) is 0 Å². The minimum Gasteiger partial charge on any atom is -0.380 e. The number of unbranched alkanes of at least 4 members (excludes halogenated alkanes) is 1. The van der Waals surface area contributed by atoms with Crippen LogP contribution in [0.15, 0.2) is 0 Å². The second-order valence-corrected chi connectivity index (χ2v) is 4.64.